The maximum absolute atomic E-state index is 11.4. The largest absolute Gasteiger partial charge is 0.299 e. The number of primary sulfonamides is 1. The van der Waals surface area contributed by atoms with Gasteiger partial charge >= 0.3 is 0 Å². The molecule has 4 rings (SSSR count). The topological polar surface area (TPSA) is 95.3 Å². The average molecular weight is 339 g/mol. The zero-order chi connectivity index (χ0) is 16.7. The summed E-state index contributed by atoms with van der Waals surface area (Å²) >= 11 is 0. The number of pyridine rings is 1. The first-order valence-electron chi connectivity index (χ1n) is 7.14. The van der Waals surface area contributed by atoms with Crippen LogP contribution in [-0.4, -0.2) is 27.6 Å². The van der Waals surface area contributed by atoms with Gasteiger partial charge in [-0.1, -0.05) is 6.07 Å². The molecule has 0 aliphatic carbocycles. The molecule has 120 valence electrons. The molecule has 0 radical (unpaired) electrons. The van der Waals surface area contributed by atoms with Crippen LogP contribution in [0, 0.1) is 0 Å². The minimum Gasteiger partial charge on any atom is -0.299 e. The van der Waals surface area contributed by atoms with E-state index in [2.05, 4.69) is 10.1 Å². The minimum atomic E-state index is -3.71. The molecule has 0 fully saturated rings. The van der Waals surface area contributed by atoms with Gasteiger partial charge in [0.25, 0.3) is 0 Å². The van der Waals surface area contributed by atoms with Gasteiger partial charge in [0.15, 0.2) is 5.82 Å². The quantitative estimate of drug-likeness (QED) is 0.616. The molecule has 0 amide bonds. The summed E-state index contributed by atoms with van der Waals surface area (Å²) < 4.78 is 26.4. The molecular weight excluding hydrogens is 326 g/mol. The Labute approximate surface area is 138 Å². The standard InChI is InChI=1S/C16H13N5O2S/c17-24(22,23)14-6-4-12(5-7-14)20-11-10-18-16(20)15-3-1-2-13-8-9-19-21(13)15/h1-11H,(H2,17,22,23). The molecule has 24 heavy (non-hydrogen) atoms. The second kappa shape index (κ2) is 5.29. The molecule has 0 atom stereocenters. The minimum absolute atomic E-state index is 0.0714. The number of hydrogen-bond donors (Lipinski definition) is 1. The van der Waals surface area contributed by atoms with Crippen molar-refractivity contribution in [2.45, 2.75) is 4.90 Å². The van der Waals surface area contributed by atoms with Gasteiger partial charge in [0.05, 0.1) is 16.6 Å². The fourth-order valence-corrected chi connectivity index (χ4v) is 3.13. The lowest BCUT2D eigenvalue weighted by Gasteiger charge is -2.10. The van der Waals surface area contributed by atoms with E-state index in [4.69, 9.17) is 5.14 Å². The number of aromatic nitrogens is 4. The van der Waals surface area contributed by atoms with Crippen molar-refractivity contribution in [2.24, 2.45) is 5.14 Å². The number of nitrogens with zero attached hydrogens (tertiary/aromatic N) is 4. The third-order valence-electron chi connectivity index (χ3n) is 3.73. The number of nitrogens with two attached hydrogens (primary N) is 1. The Bertz CT molecular complexity index is 1130. The summed E-state index contributed by atoms with van der Waals surface area (Å²) in [6, 6.07) is 14.1. The van der Waals surface area contributed by atoms with Crippen LogP contribution in [0.4, 0.5) is 0 Å². The lowest BCUT2D eigenvalue weighted by molar-refractivity contribution is 0.598. The van der Waals surface area contributed by atoms with Gasteiger partial charge in [-0.05, 0) is 42.5 Å². The highest BCUT2D eigenvalue weighted by atomic mass is 32.2. The van der Waals surface area contributed by atoms with Crippen molar-refractivity contribution in [1.29, 1.82) is 0 Å². The molecule has 0 spiro atoms. The molecular formula is C16H13N5O2S. The van der Waals surface area contributed by atoms with Crippen LogP contribution < -0.4 is 5.14 Å². The zero-order valence-corrected chi connectivity index (χ0v) is 13.3. The van der Waals surface area contributed by atoms with E-state index in [0.29, 0.717) is 5.82 Å². The third kappa shape index (κ3) is 2.38. The third-order valence-corrected chi connectivity index (χ3v) is 4.66. The van der Waals surface area contributed by atoms with Crippen LogP contribution in [0.5, 0.6) is 0 Å². The normalized spacial score (nSPS) is 11.9. The Morgan fingerprint density at radius 1 is 0.958 bits per heavy atom. The summed E-state index contributed by atoms with van der Waals surface area (Å²) in [7, 11) is -3.71. The molecule has 2 N–H and O–H groups in total. The predicted octanol–water partition coefficient (Wildman–Crippen LogP) is 1.83. The number of benzene rings is 1. The second-order valence-electron chi connectivity index (χ2n) is 5.24. The van der Waals surface area contributed by atoms with E-state index in [-0.39, 0.29) is 4.90 Å². The van der Waals surface area contributed by atoms with Crippen molar-refractivity contribution in [3.8, 4) is 17.2 Å². The van der Waals surface area contributed by atoms with E-state index < -0.39 is 10.0 Å². The lowest BCUT2D eigenvalue weighted by Crippen LogP contribution is -2.12. The van der Waals surface area contributed by atoms with Gasteiger partial charge in [0, 0.05) is 18.1 Å². The van der Waals surface area contributed by atoms with Crippen molar-refractivity contribution in [3.63, 3.8) is 0 Å². The van der Waals surface area contributed by atoms with Crippen LogP contribution in [0.1, 0.15) is 0 Å². The Balaban J connectivity index is 1.85. The summed E-state index contributed by atoms with van der Waals surface area (Å²) in [5, 5.41) is 9.46. The van der Waals surface area contributed by atoms with Gasteiger partial charge in [-0.2, -0.15) is 5.10 Å². The van der Waals surface area contributed by atoms with Crippen molar-refractivity contribution in [1.82, 2.24) is 19.2 Å². The Morgan fingerprint density at radius 3 is 2.50 bits per heavy atom. The van der Waals surface area contributed by atoms with E-state index in [1.165, 1.54) is 12.1 Å². The first-order valence-corrected chi connectivity index (χ1v) is 8.68. The maximum Gasteiger partial charge on any atom is 0.238 e. The first kappa shape index (κ1) is 14.6. The highest BCUT2D eigenvalue weighted by Gasteiger charge is 2.13. The van der Waals surface area contributed by atoms with Gasteiger partial charge in [-0.3, -0.25) is 4.57 Å². The van der Waals surface area contributed by atoms with Crippen molar-refractivity contribution >= 4 is 15.5 Å². The fourth-order valence-electron chi connectivity index (χ4n) is 2.62. The summed E-state index contributed by atoms with van der Waals surface area (Å²) in [4.78, 5) is 4.49. The highest BCUT2D eigenvalue weighted by Crippen LogP contribution is 2.23. The van der Waals surface area contributed by atoms with E-state index in [0.717, 1.165) is 16.9 Å². The Morgan fingerprint density at radius 2 is 1.75 bits per heavy atom. The van der Waals surface area contributed by atoms with Crippen LogP contribution in [0.2, 0.25) is 0 Å². The van der Waals surface area contributed by atoms with E-state index in [1.54, 1.807) is 29.0 Å². The number of sulfonamides is 1. The number of hydrogen-bond acceptors (Lipinski definition) is 4. The highest BCUT2D eigenvalue weighted by molar-refractivity contribution is 7.89. The molecule has 0 saturated heterocycles. The van der Waals surface area contributed by atoms with E-state index >= 15 is 0 Å². The molecule has 3 heterocycles. The molecule has 0 saturated carbocycles. The van der Waals surface area contributed by atoms with Gasteiger partial charge in [-0.15, -0.1) is 0 Å². The number of rotatable bonds is 3. The number of fused-ring (bicyclic) bond motifs is 1. The van der Waals surface area contributed by atoms with Gasteiger partial charge in [0.2, 0.25) is 10.0 Å². The van der Waals surface area contributed by atoms with Gasteiger partial charge in [-0.25, -0.2) is 23.1 Å². The van der Waals surface area contributed by atoms with Crippen LogP contribution >= 0.6 is 0 Å². The second-order valence-corrected chi connectivity index (χ2v) is 6.80. The summed E-state index contributed by atoms with van der Waals surface area (Å²) in [6.45, 7) is 0. The fraction of sp³-hybridized carbons (Fsp3) is 0. The SMILES string of the molecule is NS(=O)(=O)c1ccc(-n2ccnc2-c2cccc3ccnn23)cc1. The molecule has 4 aromatic rings. The molecule has 0 bridgehead atoms. The smallest absolute Gasteiger partial charge is 0.238 e. The Hall–Kier alpha value is -2.97. The molecule has 3 aromatic heterocycles. The molecule has 0 unspecified atom stereocenters. The maximum atomic E-state index is 11.4. The van der Waals surface area contributed by atoms with Crippen molar-refractivity contribution < 1.29 is 8.42 Å². The monoisotopic (exact) mass is 339 g/mol. The van der Waals surface area contributed by atoms with E-state index in [9.17, 15) is 8.42 Å². The zero-order valence-electron chi connectivity index (χ0n) is 12.4. The van der Waals surface area contributed by atoms with Crippen molar-refractivity contribution in [2.75, 3.05) is 0 Å². The van der Waals surface area contributed by atoms with Crippen LogP contribution in [-0.2, 0) is 10.0 Å². The van der Waals surface area contributed by atoms with Crippen molar-refractivity contribution in [3.05, 3.63) is 67.1 Å². The Kier molecular flexibility index (Phi) is 3.22. The molecule has 1 aromatic carbocycles. The summed E-state index contributed by atoms with van der Waals surface area (Å²) in [6.07, 6.45) is 5.22. The summed E-state index contributed by atoms with van der Waals surface area (Å²) in [5.41, 5.74) is 2.57. The predicted molar refractivity (Wildman–Crippen MR) is 89.1 cm³/mol. The number of imidazole rings is 1. The van der Waals surface area contributed by atoms with Gasteiger partial charge in [0.1, 0.15) is 5.69 Å². The molecule has 0 aliphatic heterocycles. The lowest BCUT2D eigenvalue weighted by atomic mass is 10.3. The van der Waals surface area contributed by atoms with Gasteiger partial charge < -0.3 is 0 Å². The van der Waals surface area contributed by atoms with Crippen LogP contribution in [0.15, 0.2) is 72.0 Å². The van der Waals surface area contributed by atoms with Crippen LogP contribution in [0.25, 0.3) is 22.7 Å². The molecule has 0 aliphatic rings. The first-order chi connectivity index (χ1) is 11.5. The molecule has 7 nitrogen and oxygen atoms in total. The average Bonchev–Trinajstić information content (AvgIpc) is 3.23. The molecule has 8 heteroatoms. The summed E-state index contributed by atoms with van der Waals surface area (Å²) in [5.74, 6) is 0.702. The van der Waals surface area contributed by atoms with Crippen LogP contribution in [0.3, 0.4) is 0 Å². The van der Waals surface area contributed by atoms with E-state index in [1.807, 2.05) is 35.0 Å².